The van der Waals surface area contributed by atoms with Crippen molar-refractivity contribution in [3.05, 3.63) is 84.4 Å². The van der Waals surface area contributed by atoms with E-state index in [1.54, 1.807) is 29.8 Å². The van der Waals surface area contributed by atoms with E-state index in [2.05, 4.69) is 19.9 Å². The van der Waals surface area contributed by atoms with Crippen LogP contribution in [0.3, 0.4) is 0 Å². The van der Waals surface area contributed by atoms with Crippen LogP contribution in [0, 0.1) is 11.6 Å². The maximum atomic E-state index is 15.2. The molecule has 3 aromatic heterocycles. The lowest BCUT2D eigenvalue weighted by Gasteiger charge is -2.17. The number of imidazole rings is 1. The lowest BCUT2D eigenvalue weighted by Crippen LogP contribution is -2.11. The molecule has 0 radical (unpaired) electrons. The van der Waals surface area contributed by atoms with Crippen molar-refractivity contribution in [1.82, 2.24) is 24.5 Å². The number of aromatic nitrogens is 5. The van der Waals surface area contributed by atoms with Crippen LogP contribution < -0.4 is 0 Å². The molecule has 1 unspecified atom stereocenters. The molecule has 0 fully saturated rings. The third-order valence-electron chi connectivity index (χ3n) is 5.02. The molecule has 0 amide bonds. The Labute approximate surface area is 164 Å². The summed E-state index contributed by atoms with van der Waals surface area (Å²) in [6, 6.07) is 13.4. The van der Waals surface area contributed by atoms with Crippen LogP contribution in [-0.4, -0.2) is 24.5 Å². The predicted octanol–water partition coefficient (Wildman–Crippen LogP) is 4.93. The van der Waals surface area contributed by atoms with Crippen LogP contribution in [0.2, 0.25) is 0 Å². The predicted molar refractivity (Wildman–Crippen MR) is 106 cm³/mol. The standard InChI is InChI=1S/C22H15F2N5/c1-13(19-16(23)10-17-15(20(19)24)8-5-9-25-17)29-12-27-21-22(29)28-18(11-26-21)14-6-3-2-4-7-14/h2-13H,1H3. The van der Waals surface area contributed by atoms with E-state index in [0.29, 0.717) is 17.0 Å². The van der Waals surface area contributed by atoms with Crippen molar-refractivity contribution >= 4 is 22.2 Å². The van der Waals surface area contributed by atoms with Gasteiger partial charge in [-0.25, -0.2) is 23.7 Å². The molecule has 7 heteroatoms. The van der Waals surface area contributed by atoms with E-state index in [1.165, 1.54) is 18.6 Å². The Hall–Kier alpha value is -3.74. The number of halogens is 2. The summed E-state index contributed by atoms with van der Waals surface area (Å²) in [5, 5.41) is 0.274. The molecule has 29 heavy (non-hydrogen) atoms. The third-order valence-corrected chi connectivity index (χ3v) is 5.02. The van der Waals surface area contributed by atoms with Crippen LogP contribution in [0.1, 0.15) is 18.5 Å². The van der Waals surface area contributed by atoms with Crippen molar-refractivity contribution in [1.29, 1.82) is 0 Å². The minimum atomic E-state index is -0.676. The number of nitrogens with zero attached hydrogens (tertiary/aromatic N) is 5. The second-order valence-electron chi connectivity index (χ2n) is 6.75. The minimum absolute atomic E-state index is 0.0586. The molecule has 0 saturated carbocycles. The second kappa shape index (κ2) is 6.70. The molecule has 0 aliphatic heterocycles. The fourth-order valence-electron chi connectivity index (χ4n) is 3.53. The fourth-order valence-corrected chi connectivity index (χ4v) is 3.53. The number of hydrogen-bond donors (Lipinski definition) is 0. The summed E-state index contributed by atoms with van der Waals surface area (Å²) in [4.78, 5) is 17.3. The van der Waals surface area contributed by atoms with Gasteiger partial charge < -0.3 is 4.57 Å². The largest absolute Gasteiger partial charge is 0.306 e. The first kappa shape index (κ1) is 17.4. The molecular weight excluding hydrogens is 372 g/mol. The summed E-state index contributed by atoms with van der Waals surface area (Å²) in [6.07, 6.45) is 4.66. The van der Waals surface area contributed by atoms with Gasteiger partial charge in [0.15, 0.2) is 11.3 Å². The van der Waals surface area contributed by atoms with Gasteiger partial charge in [-0.2, -0.15) is 0 Å². The first-order valence-electron chi connectivity index (χ1n) is 9.11. The molecule has 0 N–H and O–H groups in total. The van der Waals surface area contributed by atoms with Gasteiger partial charge in [0.25, 0.3) is 0 Å². The van der Waals surface area contributed by atoms with Gasteiger partial charge >= 0.3 is 0 Å². The lowest BCUT2D eigenvalue weighted by atomic mass is 10.0. The summed E-state index contributed by atoms with van der Waals surface area (Å²) in [5.74, 6) is -1.29. The molecule has 0 aliphatic rings. The van der Waals surface area contributed by atoms with E-state index in [4.69, 9.17) is 0 Å². The van der Waals surface area contributed by atoms with Crippen molar-refractivity contribution < 1.29 is 8.78 Å². The molecule has 0 aliphatic carbocycles. The summed E-state index contributed by atoms with van der Waals surface area (Å²) in [7, 11) is 0. The van der Waals surface area contributed by atoms with Crippen LogP contribution in [0.5, 0.6) is 0 Å². The number of pyridine rings is 1. The molecule has 5 rings (SSSR count). The zero-order valence-corrected chi connectivity index (χ0v) is 15.4. The smallest absolute Gasteiger partial charge is 0.197 e. The van der Waals surface area contributed by atoms with Crippen molar-refractivity contribution in [2.75, 3.05) is 0 Å². The minimum Gasteiger partial charge on any atom is -0.306 e. The van der Waals surface area contributed by atoms with Gasteiger partial charge in [-0.3, -0.25) is 4.98 Å². The van der Waals surface area contributed by atoms with Gasteiger partial charge in [-0.05, 0) is 19.1 Å². The molecule has 3 heterocycles. The normalized spacial score (nSPS) is 12.5. The molecule has 0 spiro atoms. The monoisotopic (exact) mass is 387 g/mol. The molecular formula is C22H15F2N5. The number of hydrogen-bond acceptors (Lipinski definition) is 4. The first-order valence-corrected chi connectivity index (χ1v) is 9.11. The first-order chi connectivity index (χ1) is 14.1. The summed E-state index contributed by atoms with van der Waals surface area (Å²) < 4.78 is 31.6. The summed E-state index contributed by atoms with van der Waals surface area (Å²) in [5.41, 5.74) is 2.66. The molecule has 5 aromatic rings. The van der Waals surface area contributed by atoms with Crippen molar-refractivity contribution in [3.8, 4) is 11.3 Å². The maximum absolute atomic E-state index is 15.2. The van der Waals surface area contributed by atoms with Crippen molar-refractivity contribution in [2.45, 2.75) is 13.0 Å². The Morgan fingerprint density at radius 2 is 1.79 bits per heavy atom. The third kappa shape index (κ3) is 2.82. The second-order valence-corrected chi connectivity index (χ2v) is 6.75. The van der Waals surface area contributed by atoms with Gasteiger partial charge in [-0.1, -0.05) is 30.3 Å². The Bertz CT molecular complexity index is 1350. The SMILES string of the molecule is CC(c1c(F)cc2ncccc2c1F)n1cnc2ncc(-c3ccccc3)nc21. The Morgan fingerprint density at radius 1 is 0.966 bits per heavy atom. The van der Waals surface area contributed by atoms with E-state index >= 15 is 4.39 Å². The molecule has 0 saturated heterocycles. The van der Waals surface area contributed by atoms with Gasteiger partial charge in [0.05, 0.1) is 29.8 Å². The van der Waals surface area contributed by atoms with E-state index in [1.807, 2.05) is 30.3 Å². The van der Waals surface area contributed by atoms with E-state index in [9.17, 15) is 4.39 Å². The number of fused-ring (bicyclic) bond motifs is 2. The Kier molecular flexibility index (Phi) is 4.01. The van der Waals surface area contributed by atoms with Crippen LogP contribution in [0.25, 0.3) is 33.5 Å². The molecule has 1 atom stereocenters. The van der Waals surface area contributed by atoms with E-state index in [0.717, 1.165) is 5.56 Å². The summed E-state index contributed by atoms with van der Waals surface area (Å²) in [6.45, 7) is 1.71. The number of rotatable bonds is 3. The highest BCUT2D eigenvalue weighted by atomic mass is 19.1. The fraction of sp³-hybridized carbons (Fsp3) is 0.0909. The molecule has 2 aromatic carbocycles. The van der Waals surface area contributed by atoms with Crippen LogP contribution in [0.4, 0.5) is 8.78 Å². The van der Waals surface area contributed by atoms with Crippen LogP contribution in [0.15, 0.2) is 67.3 Å². The zero-order valence-electron chi connectivity index (χ0n) is 15.4. The molecule has 5 nitrogen and oxygen atoms in total. The van der Waals surface area contributed by atoms with E-state index < -0.39 is 17.7 Å². The topological polar surface area (TPSA) is 56.5 Å². The average molecular weight is 387 g/mol. The average Bonchev–Trinajstić information content (AvgIpc) is 3.17. The van der Waals surface area contributed by atoms with E-state index in [-0.39, 0.29) is 16.5 Å². The number of benzene rings is 2. The van der Waals surface area contributed by atoms with Gasteiger partial charge in [0, 0.05) is 28.8 Å². The van der Waals surface area contributed by atoms with Crippen LogP contribution >= 0.6 is 0 Å². The molecule has 142 valence electrons. The lowest BCUT2D eigenvalue weighted by molar-refractivity contribution is 0.517. The van der Waals surface area contributed by atoms with Gasteiger partial charge in [0.1, 0.15) is 11.6 Å². The van der Waals surface area contributed by atoms with Crippen LogP contribution in [-0.2, 0) is 0 Å². The highest BCUT2D eigenvalue weighted by molar-refractivity contribution is 5.80. The summed E-state index contributed by atoms with van der Waals surface area (Å²) >= 11 is 0. The highest BCUT2D eigenvalue weighted by Gasteiger charge is 2.23. The van der Waals surface area contributed by atoms with Crippen molar-refractivity contribution in [3.63, 3.8) is 0 Å². The van der Waals surface area contributed by atoms with Gasteiger partial charge in [-0.15, -0.1) is 0 Å². The highest BCUT2D eigenvalue weighted by Crippen LogP contribution is 2.31. The van der Waals surface area contributed by atoms with Crippen molar-refractivity contribution in [2.24, 2.45) is 0 Å². The maximum Gasteiger partial charge on any atom is 0.197 e. The molecule has 0 bridgehead atoms. The van der Waals surface area contributed by atoms with Gasteiger partial charge in [0.2, 0.25) is 0 Å². The quantitative estimate of drug-likeness (QED) is 0.441. The zero-order chi connectivity index (χ0) is 20.0. The Balaban J connectivity index is 1.67. The Morgan fingerprint density at radius 3 is 2.62 bits per heavy atom.